The van der Waals surface area contributed by atoms with Crippen LogP contribution >= 0.6 is 15.9 Å². The number of rotatable bonds is 6. The van der Waals surface area contributed by atoms with Crippen molar-refractivity contribution in [1.29, 1.82) is 0 Å². The van der Waals surface area contributed by atoms with Crippen molar-refractivity contribution < 1.29 is 19.4 Å². The Morgan fingerprint density at radius 2 is 1.66 bits per heavy atom. The van der Waals surface area contributed by atoms with Gasteiger partial charge in [0.2, 0.25) is 0 Å². The van der Waals surface area contributed by atoms with Gasteiger partial charge in [-0.25, -0.2) is 4.79 Å². The molecule has 29 heavy (non-hydrogen) atoms. The first kappa shape index (κ1) is 20.2. The maximum atomic E-state index is 12.2. The molecule has 0 atom stereocenters. The van der Waals surface area contributed by atoms with Gasteiger partial charge in [0.05, 0.1) is 10.2 Å². The van der Waals surface area contributed by atoms with Crippen LogP contribution in [-0.4, -0.2) is 17.0 Å². The zero-order valence-electron chi connectivity index (χ0n) is 15.1. The van der Waals surface area contributed by atoms with Gasteiger partial charge in [0, 0.05) is 5.56 Å². The number of carboxylic acids is 1. The average molecular weight is 453 g/mol. The number of anilines is 1. The zero-order chi connectivity index (χ0) is 20.8. The number of nitrogens with one attached hydrogen (secondary N) is 1. The van der Waals surface area contributed by atoms with Gasteiger partial charge in [-0.1, -0.05) is 36.4 Å². The normalized spacial score (nSPS) is 11.0. The van der Waals surface area contributed by atoms with E-state index in [9.17, 15) is 14.7 Å². The molecular formula is C22H17BrN2O4. The molecule has 0 aromatic heterocycles. The van der Waals surface area contributed by atoms with Crippen LogP contribution in [0.5, 0.6) is 11.5 Å². The minimum absolute atomic E-state index is 0.234. The van der Waals surface area contributed by atoms with Crippen molar-refractivity contribution in [2.45, 2.75) is 0 Å². The van der Waals surface area contributed by atoms with E-state index in [4.69, 9.17) is 10.5 Å². The van der Waals surface area contributed by atoms with Gasteiger partial charge in [0.15, 0.2) is 5.75 Å². The van der Waals surface area contributed by atoms with Crippen molar-refractivity contribution in [3.63, 3.8) is 0 Å². The van der Waals surface area contributed by atoms with Gasteiger partial charge in [-0.05, 0) is 64.0 Å². The third kappa shape index (κ3) is 5.24. The lowest BCUT2D eigenvalue weighted by molar-refractivity contribution is -0.132. The summed E-state index contributed by atoms with van der Waals surface area (Å²) in [6.07, 6.45) is 1.37. The molecule has 3 aromatic rings. The lowest BCUT2D eigenvalue weighted by atomic mass is 10.1. The topological polar surface area (TPSA) is 102 Å². The molecule has 1 amide bonds. The highest BCUT2D eigenvalue weighted by Gasteiger charge is 2.13. The van der Waals surface area contributed by atoms with Crippen LogP contribution in [0.2, 0.25) is 0 Å². The van der Waals surface area contributed by atoms with E-state index in [-0.39, 0.29) is 5.70 Å². The Hall–Kier alpha value is -3.58. The summed E-state index contributed by atoms with van der Waals surface area (Å²) in [6.45, 7) is 0. The number of halogens is 1. The minimum atomic E-state index is -1.24. The van der Waals surface area contributed by atoms with E-state index in [1.165, 1.54) is 6.08 Å². The third-order valence-electron chi connectivity index (χ3n) is 3.92. The van der Waals surface area contributed by atoms with Crippen LogP contribution < -0.4 is 15.8 Å². The summed E-state index contributed by atoms with van der Waals surface area (Å²) in [7, 11) is 0. The van der Waals surface area contributed by atoms with Crippen LogP contribution in [0.3, 0.4) is 0 Å². The number of para-hydroxylation sites is 1. The summed E-state index contributed by atoms with van der Waals surface area (Å²) in [5.41, 5.74) is 7.13. The molecule has 0 spiro atoms. The molecule has 0 heterocycles. The van der Waals surface area contributed by atoms with Gasteiger partial charge in [-0.3, -0.25) is 4.79 Å². The van der Waals surface area contributed by atoms with Gasteiger partial charge in [0.25, 0.3) is 5.91 Å². The fourth-order valence-electron chi connectivity index (χ4n) is 2.49. The second kappa shape index (κ2) is 9.07. The Balaban J connectivity index is 1.77. The van der Waals surface area contributed by atoms with Crippen molar-refractivity contribution in [3.05, 3.63) is 94.1 Å². The largest absolute Gasteiger partial charge is 0.477 e. The number of ether oxygens (including phenoxy) is 1. The number of benzene rings is 3. The molecule has 0 unspecified atom stereocenters. The number of carboxylic acid groups (broad SMARTS) is 1. The van der Waals surface area contributed by atoms with E-state index in [1.807, 2.05) is 6.07 Å². The van der Waals surface area contributed by atoms with E-state index < -0.39 is 11.9 Å². The summed E-state index contributed by atoms with van der Waals surface area (Å²) >= 11 is 3.39. The van der Waals surface area contributed by atoms with E-state index >= 15 is 0 Å². The SMILES string of the molecule is Nc1cccc(Br)c1Oc1ccc(/C=C(/NC(=O)c2ccccc2)C(=O)O)cc1. The van der Waals surface area contributed by atoms with Crippen LogP contribution in [0.1, 0.15) is 15.9 Å². The first-order valence-corrected chi connectivity index (χ1v) is 9.36. The summed E-state index contributed by atoms with van der Waals surface area (Å²) < 4.78 is 6.51. The predicted octanol–water partition coefficient (Wildman–Crippen LogP) is 4.68. The van der Waals surface area contributed by atoms with Crippen LogP contribution in [0.25, 0.3) is 6.08 Å². The second-order valence-electron chi connectivity index (χ2n) is 6.01. The van der Waals surface area contributed by atoms with Crippen molar-refractivity contribution in [2.75, 3.05) is 5.73 Å². The lowest BCUT2D eigenvalue weighted by Gasteiger charge is -2.10. The first-order chi connectivity index (χ1) is 13.9. The zero-order valence-corrected chi connectivity index (χ0v) is 16.7. The van der Waals surface area contributed by atoms with Crippen LogP contribution in [0.4, 0.5) is 5.69 Å². The van der Waals surface area contributed by atoms with E-state index in [0.29, 0.717) is 28.3 Å². The van der Waals surface area contributed by atoms with Crippen LogP contribution in [0.15, 0.2) is 83.0 Å². The molecule has 146 valence electrons. The average Bonchev–Trinajstić information content (AvgIpc) is 2.72. The number of hydrogen-bond donors (Lipinski definition) is 3. The van der Waals surface area contributed by atoms with Crippen LogP contribution in [0, 0.1) is 0 Å². The molecule has 6 nitrogen and oxygen atoms in total. The highest BCUT2D eigenvalue weighted by Crippen LogP contribution is 2.34. The molecular weight excluding hydrogens is 436 g/mol. The molecule has 0 aliphatic carbocycles. The molecule has 3 aromatic carbocycles. The van der Waals surface area contributed by atoms with Gasteiger partial charge >= 0.3 is 5.97 Å². The monoisotopic (exact) mass is 452 g/mol. The minimum Gasteiger partial charge on any atom is -0.477 e. The molecule has 0 saturated carbocycles. The Morgan fingerprint density at radius 3 is 2.28 bits per heavy atom. The molecule has 0 aliphatic heterocycles. The molecule has 0 saturated heterocycles. The molecule has 0 bridgehead atoms. The quantitative estimate of drug-likeness (QED) is 0.372. The van der Waals surface area contributed by atoms with E-state index in [0.717, 1.165) is 4.47 Å². The van der Waals surface area contributed by atoms with Crippen molar-refractivity contribution in [1.82, 2.24) is 5.32 Å². The van der Waals surface area contributed by atoms with Gasteiger partial charge in [-0.15, -0.1) is 0 Å². The highest BCUT2D eigenvalue weighted by atomic mass is 79.9. The fraction of sp³-hybridized carbons (Fsp3) is 0. The standard InChI is InChI=1S/C22H17BrN2O4/c23-17-7-4-8-18(24)20(17)29-16-11-9-14(10-12-16)13-19(22(27)28)25-21(26)15-5-2-1-3-6-15/h1-13H,24H2,(H,25,26)(H,27,28)/b19-13+. The Bertz CT molecular complexity index is 1040. The number of nitrogens with two attached hydrogens (primary N) is 1. The predicted molar refractivity (Wildman–Crippen MR) is 115 cm³/mol. The van der Waals surface area contributed by atoms with E-state index in [1.54, 1.807) is 66.7 Å². The van der Waals surface area contributed by atoms with Crippen molar-refractivity contribution >= 4 is 39.6 Å². The maximum Gasteiger partial charge on any atom is 0.352 e. The van der Waals surface area contributed by atoms with E-state index in [2.05, 4.69) is 21.2 Å². The second-order valence-corrected chi connectivity index (χ2v) is 6.87. The molecule has 0 aliphatic rings. The number of hydrogen-bond acceptors (Lipinski definition) is 4. The van der Waals surface area contributed by atoms with Gasteiger partial charge in [-0.2, -0.15) is 0 Å². The Labute approximate surface area is 175 Å². The molecule has 4 N–H and O–H groups in total. The summed E-state index contributed by atoms with van der Waals surface area (Å²) in [5, 5.41) is 11.8. The number of carbonyl (C=O) groups is 2. The van der Waals surface area contributed by atoms with Crippen molar-refractivity contribution in [3.8, 4) is 11.5 Å². The van der Waals surface area contributed by atoms with Gasteiger partial charge < -0.3 is 20.9 Å². The van der Waals surface area contributed by atoms with Crippen LogP contribution in [-0.2, 0) is 4.79 Å². The molecule has 0 fully saturated rings. The summed E-state index contributed by atoms with van der Waals surface area (Å²) in [5.74, 6) is -0.706. The molecule has 7 heteroatoms. The fourth-order valence-corrected chi connectivity index (χ4v) is 2.95. The highest BCUT2D eigenvalue weighted by molar-refractivity contribution is 9.10. The summed E-state index contributed by atoms with van der Waals surface area (Å²) in [6, 6.07) is 20.5. The van der Waals surface area contributed by atoms with Crippen molar-refractivity contribution in [2.24, 2.45) is 0 Å². The first-order valence-electron chi connectivity index (χ1n) is 8.57. The Morgan fingerprint density at radius 1 is 0.966 bits per heavy atom. The number of amides is 1. The molecule has 3 rings (SSSR count). The smallest absolute Gasteiger partial charge is 0.352 e. The number of aliphatic carboxylic acids is 1. The lowest BCUT2D eigenvalue weighted by Crippen LogP contribution is -2.27. The number of nitrogen functional groups attached to an aromatic ring is 1. The molecule has 0 radical (unpaired) electrons. The third-order valence-corrected chi connectivity index (χ3v) is 4.55. The maximum absolute atomic E-state index is 12.2. The van der Waals surface area contributed by atoms with Gasteiger partial charge in [0.1, 0.15) is 11.4 Å². The summed E-state index contributed by atoms with van der Waals surface area (Å²) in [4.78, 5) is 23.7. The number of carbonyl (C=O) groups excluding carboxylic acids is 1. The Kier molecular flexibility index (Phi) is 6.31.